The first-order valence-electron chi connectivity index (χ1n) is 15.0. The van der Waals surface area contributed by atoms with Gasteiger partial charge in [0.1, 0.15) is 12.1 Å². The summed E-state index contributed by atoms with van der Waals surface area (Å²) in [5, 5.41) is 11.5. The molecule has 9 heteroatoms. The Morgan fingerprint density at radius 2 is 1.73 bits per heavy atom. The average molecular weight is 632 g/mol. The smallest absolute Gasteiger partial charge is 0.247 e. The van der Waals surface area contributed by atoms with E-state index in [4.69, 9.17) is 0 Å². The summed E-state index contributed by atoms with van der Waals surface area (Å²) in [6, 6.07) is 5.40. The number of carbonyl (C=O) groups excluding carboxylic acids is 4. The monoisotopic (exact) mass is 630 g/mol. The van der Waals surface area contributed by atoms with E-state index in [2.05, 4.69) is 44.1 Å². The van der Waals surface area contributed by atoms with Gasteiger partial charge >= 0.3 is 0 Å². The average Bonchev–Trinajstić information content (AvgIpc) is 2.93. The number of rotatable bonds is 14. The van der Waals surface area contributed by atoms with E-state index in [1.165, 1.54) is 31.8 Å². The molecule has 0 spiro atoms. The normalized spacial score (nSPS) is 20.1. The predicted molar refractivity (Wildman–Crippen MR) is 167 cm³/mol. The molecule has 3 atom stereocenters. The summed E-state index contributed by atoms with van der Waals surface area (Å²) in [4.78, 5) is 51.8. The van der Waals surface area contributed by atoms with Gasteiger partial charge in [0.15, 0.2) is 0 Å². The van der Waals surface area contributed by atoms with Crippen molar-refractivity contribution >= 4 is 39.6 Å². The van der Waals surface area contributed by atoms with Crippen molar-refractivity contribution in [1.29, 1.82) is 0 Å². The number of hydrogen-bond acceptors (Lipinski definition) is 4. The van der Waals surface area contributed by atoms with Gasteiger partial charge in [0, 0.05) is 36.0 Å². The zero-order valence-electron chi connectivity index (χ0n) is 24.7. The van der Waals surface area contributed by atoms with Crippen molar-refractivity contribution in [3.63, 3.8) is 0 Å². The van der Waals surface area contributed by atoms with Gasteiger partial charge in [-0.15, -0.1) is 0 Å². The largest absolute Gasteiger partial charge is 0.352 e. The maximum atomic E-state index is 13.6. The van der Waals surface area contributed by atoms with Crippen molar-refractivity contribution in [2.75, 3.05) is 6.54 Å². The Morgan fingerprint density at radius 1 is 1.02 bits per heavy atom. The lowest BCUT2D eigenvalue weighted by Gasteiger charge is -2.25. The van der Waals surface area contributed by atoms with Crippen LogP contribution in [0.1, 0.15) is 84.1 Å². The lowest BCUT2D eigenvalue weighted by molar-refractivity contribution is -0.131. The lowest BCUT2D eigenvalue weighted by atomic mass is 10.0. The highest BCUT2D eigenvalue weighted by atomic mass is 79.9. The minimum absolute atomic E-state index is 0.0281. The summed E-state index contributed by atoms with van der Waals surface area (Å²) >= 11 is 3.54. The van der Waals surface area contributed by atoms with Crippen molar-refractivity contribution in [1.82, 2.24) is 21.3 Å². The molecule has 1 aromatic carbocycles. The molecule has 0 saturated carbocycles. The molecule has 0 bridgehead atoms. The van der Waals surface area contributed by atoms with E-state index in [1.54, 1.807) is 18.2 Å². The van der Waals surface area contributed by atoms with Gasteiger partial charge in [-0.1, -0.05) is 112 Å². The lowest BCUT2D eigenvalue weighted by Crippen LogP contribution is -2.55. The van der Waals surface area contributed by atoms with E-state index in [9.17, 15) is 19.2 Å². The Labute approximate surface area is 253 Å². The first kappa shape index (κ1) is 34.3. The fourth-order valence-corrected chi connectivity index (χ4v) is 4.96. The van der Waals surface area contributed by atoms with Crippen LogP contribution in [0.5, 0.6) is 0 Å². The quantitative estimate of drug-likeness (QED) is 0.173. The fourth-order valence-electron chi connectivity index (χ4n) is 4.51. The van der Waals surface area contributed by atoms with Crippen molar-refractivity contribution in [2.45, 2.75) is 103 Å². The van der Waals surface area contributed by atoms with Crippen LogP contribution < -0.4 is 21.3 Å². The molecular formula is C32H47BrN4O4. The summed E-state index contributed by atoms with van der Waals surface area (Å²) in [5.74, 6) is -1.18. The molecule has 4 amide bonds. The van der Waals surface area contributed by atoms with E-state index >= 15 is 0 Å². The Bertz CT molecular complexity index is 1060. The number of amides is 4. The van der Waals surface area contributed by atoms with Gasteiger partial charge in [0.25, 0.3) is 0 Å². The third-order valence-electron chi connectivity index (χ3n) is 7.04. The highest BCUT2D eigenvalue weighted by molar-refractivity contribution is 9.10. The van der Waals surface area contributed by atoms with E-state index in [-0.39, 0.29) is 30.1 Å². The van der Waals surface area contributed by atoms with Crippen LogP contribution in [0.25, 0.3) is 0 Å². The second-order valence-corrected chi connectivity index (χ2v) is 11.8. The fraction of sp³-hybridized carbons (Fsp3) is 0.562. The molecule has 226 valence electrons. The van der Waals surface area contributed by atoms with Gasteiger partial charge in [-0.05, 0) is 30.4 Å². The Hall–Kier alpha value is -2.94. The number of hydrogen-bond donors (Lipinski definition) is 4. The van der Waals surface area contributed by atoms with Gasteiger partial charge in [0.05, 0.1) is 0 Å². The van der Waals surface area contributed by atoms with Crippen LogP contribution in [-0.4, -0.2) is 48.3 Å². The molecule has 0 aliphatic carbocycles. The highest BCUT2D eigenvalue weighted by Crippen LogP contribution is 2.18. The van der Waals surface area contributed by atoms with Crippen molar-refractivity contribution in [2.24, 2.45) is 5.92 Å². The molecule has 1 aromatic rings. The summed E-state index contributed by atoms with van der Waals surface area (Å²) < 4.78 is 0.844. The van der Waals surface area contributed by atoms with Crippen LogP contribution in [0.2, 0.25) is 0 Å². The van der Waals surface area contributed by atoms with Gasteiger partial charge in [-0.3, -0.25) is 19.2 Å². The number of nitrogens with one attached hydrogen (secondary N) is 4. The highest BCUT2D eigenvalue weighted by Gasteiger charge is 2.27. The van der Waals surface area contributed by atoms with Crippen LogP contribution in [0.4, 0.5) is 0 Å². The minimum Gasteiger partial charge on any atom is -0.352 e. The second-order valence-electron chi connectivity index (χ2n) is 10.9. The Kier molecular flexibility index (Phi) is 16.1. The molecular weight excluding hydrogens is 584 g/mol. The van der Waals surface area contributed by atoms with Crippen LogP contribution >= 0.6 is 15.9 Å². The molecule has 0 unspecified atom stereocenters. The molecule has 4 N–H and O–H groups in total. The molecule has 8 nitrogen and oxygen atoms in total. The molecule has 0 aromatic heterocycles. The number of halogens is 1. The molecule has 2 rings (SSSR count). The summed E-state index contributed by atoms with van der Waals surface area (Å²) in [5.41, 5.74) is 0.878. The van der Waals surface area contributed by atoms with E-state index < -0.39 is 24.0 Å². The van der Waals surface area contributed by atoms with Crippen molar-refractivity contribution < 1.29 is 19.2 Å². The number of unbranched alkanes of at least 4 members (excludes halogenated alkanes) is 6. The maximum Gasteiger partial charge on any atom is 0.247 e. The predicted octanol–water partition coefficient (Wildman–Crippen LogP) is 4.88. The Morgan fingerprint density at radius 3 is 2.44 bits per heavy atom. The molecule has 1 aliphatic rings. The van der Waals surface area contributed by atoms with E-state index in [0.717, 1.165) is 29.3 Å². The SMILES string of the molecule is CCCCCCCCCC(=O)N[C@@H](Cc1ccccc1Br)C(=O)N[C@H]1/C=C/CCNC(=O)/C=C/[C@H](C(C)C)NC1=O. The second kappa shape index (κ2) is 19.2. The van der Waals surface area contributed by atoms with Crippen LogP contribution in [0.15, 0.2) is 53.0 Å². The van der Waals surface area contributed by atoms with E-state index in [1.807, 2.05) is 38.1 Å². The molecule has 1 aliphatic heterocycles. The third kappa shape index (κ3) is 13.5. The minimum atomic E-state index is -0.936. The summed E-state index contributed by atoms with van der Waals surface area (Å²) in [6.45, 7) is 6.48. The van der Waals surface area contributed by atoms with Crippen LogP contribution in [-0.2, 0) is 25.6 Å². The number of carbonyl (C=O) groups is 4. The van der Waals surface area contributed by atoms with Crippen LogP contribution in [0.3, 0.4) is 0 Å². The van der Waals surface area contributed by atoms with Gasteiger partial charge < -0.3 is 21.3 Å². The first-order chi connectivity index (χ1) is 19.7. The van der Waals surface area contributed by atoms with Gasteiger partial charge in [-0.25, -0.2) is 0 Å². The molecule has 1 heterocycles. The zero-order valence-corrected chi connectivity index (χ0v) is 26.3. The maximum absolute atomic E-state index is 13.6. The topological polar surface area (TPSA) is 116 Å². The third-order valence-corrected chi connectivity index (χ3v) is 7.82. The first-order valence-corrected chi connectivity index (χ1v) is 15.8. The zero-order chi connectivity index (χ0) is 30.0. The molecule has 0 radical (unpaired) electrons. The van der Waals surface area contributed by atoms with E-state index in [0.29, 0.717) is 19.4 Å². The number of benzene rings is 1. The van der Waals surface area contributed by atoms with Crippen LogP contribution in [0, 0.1) is 5.92 Å². The molecule has 0 fully saturated rings. The summed E-state index contributed by atoms with van der Waals surface area (Å²) in [7, 11) is 0. The van der Waals surface area contributed by atoms with Gasteiger partial charge in [-0.2, -0.15) is 0 Å². The van der Waals surface area contributed by atoms with Gasteiger partial charge in [0.2, 0.25) is 23.6 Å². The summed E-state index contributed by atoms with van der Waals surface area (Å²) in [6.07, 6.45) is 15.3. The molecule has 41 heavy (non-hydrogen) atoms. The standard InChI is InChI=1S/C32H47BrN4O4/c1-4-5-6-7-8-9-10-18-30(39)35-28(22-24-15-11-12-16-25(24)33)32(41)37-27-17-13-14-21-34-29(38)20-19-26(23(2)3)36-31(27)40/h11-13,15-17,19-20,23,26-28H,4-10,14,18,21-22H2,1-3H3,(H,34,38)(H,35,39)(H,36,40)(H,37,41)/b17-13+,20-19+/t26-,27+,28+/m1/s1. The van der Waals surface area contributed by atoms with Crippen molar-refractivity contribution in [3.8, 4) is 0 Å². The van der Waals surface area contributed by atoms with Crippen molar-refractivity contribution in [3.05, 3.63) is 58.6 Å². The Balaban J connectivity index is 2.13. The molecule has 0 saturated heterocycles.